The predicted octanol–water partition coefficient (Wildman–Crippen LogP) is 6.55. The quantitative estimate of drug-likeness (QED) is 0.542. The zero-order valence-corrected chi connectivity index (χ0v) is 13.3. The van der Waals surface area contributed by atoms with Crippen molar-refractivity contribution in [1.82, 2.24) is 0 Å². The van der Waals surface area contributed by atoms with Crippen molar-refractivity contribution in [2.75, 3.05) is 0 Å². The van der Waals surface area contributed by atoms with E-state index in [2.05, 4.69) is 41.9 Å². The molecule has 0 nitrogen and oxygen atoms in total. The second-order valence-corrected chi connectivity index (χ2v) is 6.05. The molecule has 0 amide bonds. The van der Waals surface area contributed by atoms with Crippen LogP contribution >= 0.6 is 39.1 Å². The van der Waals surface area contributed by atoms with E-state index in [0.717, 1.165) is 15.6 Å². The highest BCUT2D eigenvalue weighted by molar-refractivity contribution is 9.10. The highest BCUT2D eigenvalue weighted by atomic mass is 79.9. The van der Waals surface area contributed by atoms with Crippen molar-refractivity contribution in [3.63, 3.8) is 0 Å². The van der Waals surface area contributed by atoms with E-state index in [1.807, 2.05) is 24.3 Å². The minimum absolute atomic E-state index is 0.365. The Morgan fingerprint density at radius 1 is 1.06 bits per heavy atom. The Bertz CT molecular complexity index is 562. The number of halogens is 3. The molecule has 0 N–H and O–H groups in total. The molecule has 0 spiro atoms. The van der Waals surface area contributed by atoms with E-state index in [9.17, 15) is 0 Å². The maximum atomic E-state index is 6.21. The van der Waals surface area contributed by atoms with Crippen LogP contribution in [0.4, 0.5) is 0 Å². The summed E-state index contributed by atoms with van der Waals surface area (Å²) in [5.41, 5.74) is 3.47. The third-order valence-electron chi connectivity index (χ3n) is 2.86. The molecule has 94 valence electrons. The second-order valence-electron chi connectivity index (χ2n) is 4.47. The van der Waals surface area contributed by atoms with Gasteiger partial charge in [-0.05, 0) is 44.6 Å². The number of benzene rings is 2. The van der Waals surface area contributed by atoms with Crippen LogP contribution in [0.5, 0.6) is 0 Å². The van der Waals surface area contributed by atoms with Gasteiger partial charge < -0.3 is 0 Å². The standard InChI is InChI=1S/C15H13BrCl2/c1-9(2)13-11(10-6-4-3-5-7-10)8-12(17)15(18)14(13)16/h3-9H,1-2H3. The summed E-state index contributed by atoms with van der Waals surface area (Å²) in [6, 6.07) is 12.2. The maximum absolute atomic E-state index is 6.21. The Balaban J connectivity index is 2.74. The van der Waals surface area contributed by atoms with Crippen LogP contribution in [-0.4, -0.2) is 0 Å². The largest absolute Gasteiger partial charge is 0.0826 e. The van der Waals surface area contributed by atoms with E-state index < -0.39 is 0 Å². The van der Waals surface area contributed by atoms with Crippen LogP contribution in [0.15, 0.2) is 40.9 Å². The summed E-state index contributed by atoms with van der Waals surface area (Å²) >= 11 is 16.0. The number of hydrogen-bond acceptors (Lipinski definition) is 0. The summed E-state index contributed by atoms with van der Waals surface area (Å²) in [5, 5.41) is 1.16. The molecule has 0 aromatic heterocycles. The van der Waals surface area contributed by atoms with Crippen molar-refractivity contribution in [2.24, 2.45) is 0 Å². The third kappa shape index (κ3) is 2.59. The summed E-state index contributed by atoms with van der Waals surface area (Å²) in [6.45, 7) is 4.30. The number of hydrogen-bond donors (Lipinski definition) is 0. The van der Waals surface area contributed by atoms with Gasteiger partial charge in [0.1, 0.15) is 0 Å². The molecule has 18 heavy (non-hydrogen) atoms. The first-order chi connectivity index (χ1) is 8.52. The summed E-state index contributed by atoms with van der Waals surface area (Å²) in [7, 11) is 0. The van der Waals surface area contributed by atoms with Crippen LogP contribution in [0.3, 0.4) is 0 Å². The molecule has 2 aromatic rings. The Morgan fingerprint density at radius 2 is 1.67 bits per heavy atom. The maximum Gasteiger partial charge on any atom is 0.0737 e. The third-order valence-corrected chi connectivity index (χ3v) is 4.70. The fourth-order valence-electron chi connectivity index (χ4n) is 2.03. The van der Waals surface area contributed by atoms with E-state index in [4.69, 9.17) is 23.2 Å². The van der Waals surface area contributed by atoms with Crippen LogP contribution in [0, 0.1) is 0 Å². The molecular formula is C15H13BrCl2. The summed E-state index contributed by atoms with van der Waals surface area (Å²) in [6.07, 6.45) is 0. The zero-order chi connectivity index (χ0) is 13.3. The molecule has 0 unspecified atom stereocenters. The molecule has 0 aliphatic rings. The highest BCUT2D eigenvalue weighted by Crippen LogP contribution is 2.42. The van der Waals surface area contributed by atoms with Crippen molar-refractivity contribution in [3.05, 3.63) is 56.5 Å². The average molecular weight is 344 g/mol. The van der Waals surface area contributed by atoms with Gasteiger partial charge in [-0.2, -0.15) is 0 Å². The second kappa shape index (κ2) is 5.64. The lowest BCUT2D eigenvalue weighted by Crippen LogP contribution is -1.95. The molecule has 0 radical (unpaired) electrons. The van der Waals surface area contributed by atoms with E-state index in [-0.39, 0.29) is 0 Å². The molecular weight excluding hydrogens is 331 g/mol. The molecule has 3 heteroatoms. The Morgan fingerprint density at radius 3 is 2.22 bits per heavy atom. The molecule has 0 atom stereocenters. The van der Waals surface area contributed by atoms with Gasteiger partial charge in [0.2, 0.25) is 0 Å². The first-order valence-corrected chi connectivity index (χ1v) is 7.30. The summed E-state index contributed by atoms with van der Waals surface area (Å²) < 4.78 is 0.894. The smallest absolute Gasteiger partial charge is 0.0737 e. The molecule has 0 bridgehead atoms. The van der Waals surface area contributed by atoms with Crippen molar-refractivity contribution < 1.29 is 0 Å². The van der Waals surface area contributed by atoms with Crippen LogP contribution in [-0.2, 0) is 0 Å². The first-order valence-electron chi connectivity index (χ1n) is 5.75. The van der Waals surface area contributed by atoms with Gasteiger partial charge in [-0.25, -0.2) is 0 Å². The van der Waals surface area contributed by atoms with Gasteiger partial charge in [0.25, 0.3) is 0 Å². The van der Waals surface area contributed by atoms with Crippen molar-refractivity contribution in [3.8, 4) is 11.1 Å². The van der Waals surface area contributed by atoms with Gasteiger partial charge in [0, 0.05) is 4.47 Å². The van der Waals surface area contributed by atoms with Crippen LogP contribution in [0.25, 0.3) is 11.1 Å². The topological polar surface area (TPSA) is 0 Å². The van der Waals surface area contributed by atoms with Gasteiger partial charge >= 0.3 is 0 Å². The van der Waals surface area contributed by atoms with Gasteiger partial charge in [0.05, 0.1) is 10.0 Å². The molecule has 0 saturated heterocycles. The molecule has 0 saturated carbocycles. The fourth-order valence-corrected chi connectivity index (χ4v) is 3.39. The molecule has 2 aromatic carbocycles. The average Bonchev–Trinajstić information content (AvgIpc) is 2.36. The van der Waals surface area contributed by atoms with Crippen molar-refractivity contribution in [1.29, 1.82) is 0 Å². The van der Waals surface area contributed by atoms with Gasteiger partial charge in [0.15, 0.2) is 0 Å². The Kier molecular flexibility index (Phi) is 4.37. The molecule has 0 aliphatic heterocycles. The van der Waals surface area contributed by atoms with E-state index in [1.165, 1.54) is 5.56 Å². The monoisotopic (exact) mass is 342 g/mol. The lowest BCUT2D eigenvalue weighted by atomic mass is 9.92. The SMILES string of the molecule is CC(C)c1c(-c2ccccc2)cc(Cl)c(Cl)c1Br. The van der Waals surface area contributed by atoms with E-state index in [0.29, 0.717) is 16.0 Å². The van der Waals surface area contributed by atoms with Crippen molar-refractivity contribution >= 4 is 39.1 Å². The molecule has 0 fully saturated rings. The fraction of sp³-hybridized carbons (Fsp3) is 0.200. The zero-order valence-electron chi connectivity index (χ0n) is 10.2. The number of rotatable bonds is 2. The minimum Gasteiger partial charge on any atom is -0.0826 e. The Hall–Kier alpha value is -0.500. The normalized spacial score (nSPS) is 11.0. The van der Waals surface area contributed by atoms with Crippen LogP contribution < -0.4 is 0 Å². The van der Waals surface area contributed by atoms with Gasteiger partial charge in [-0.1, -0.05) is 67.4 Å². The molecule has 0 aliphatic carbocycles. The Labute approximate surface area is 126 Å². The first kappa shape index (κ1) is 13.9. The predicted molar refractivity (Wildman–Crippen MR) is 83.7 cm³/mol. The van der Waals surface area contributed by atoms with Crippen LogP contribution in [0.2, 0.25) is 10.0 Å². The van der Waals surface area contributed by atoms with E-state index >= 15 is 0 Å². The van der Waals surface area contributed by atoms with Crippen LogP contribution in [0.1, 0.15) is 25.3 Å². The summed E-state index contributed by atoms with van der Waals surface area (Å²) in [4.78, 5) is 0. The molecule has 0 heterocycles. The van der Waals surface area contributed by atoms with Gasteiger partial charge in [-0.3, -0.25) is 0 Å². The van der Waals surface area contributed by atoms with E-state index in [1.54, 1.807) is 0 Å². The van der Waals surface area contributed by atoms with Crippen molar-refractivity contribution in [2.45, 2.75) is 19.8 Å². The lowest BCUT2D eigenvalue weighted by Gasteiger charge is -2.17. The minimum atomic E-state index is 0.365. The highest BCUT2D eigenvalue weighted by Gasteiger charge is 2.17. The molecule has 2 rings (SSSR count). The summed E-state index contributed by atoms with van der Waals surface area (Å²) in [5.74, 6) is 0.365. The van der Waals surface area contributed by atoms with Gasteiger partial charge in [-0.15, -0.1) is 0 Å². The lowest BCUT2D eigenvalue weighted by molar-refractivity contribution is 0.863.